The summed E-state index contributed by atoms with van der Waals surface area (Å²) in [5, 5.41) is 3.34. The van der Waals surface area contributed by atoms with Crippen molar-refractivity contribution in [2.45, 2.75) is 58.0 Å². The molecule has 4 rings (SSSR count). The van der Waals surface area contributed by atoms with E-state index in [9.17, 15) is 18.0 Å². The van der Waals surface area contributed by atoms with Gasteiger partial charge in [-0.2, -0.15) is 0 Å². The van der Waals surface area contributed by atoms with E-state index in [1.54, 1.807) is 30.3 Å². The predicted molar refractivity (Wildman–Crippen MR) is 181 cm³/mol. The van der Waals surface area contributed by atoms with E-state index in [-0.39, 0.29) is 29.5 Å². The molecule has 0 fully saturated rings. The standard InChI is InChI=1S/C36H40ClN3O4S/c1-5-21-38-36(42)34(22-29-9-7-6-8-10-29)39(24-30-16-11-26(2)12-17-30)35(41)25-40(31-18-15-28(4)33(37)23-31)45(43,44)32-19-13-27(3)14-20-32/h6-20,23,34H,5,21-22,24-25H2,1-4H3,(H,38,42)/t34-/m1/s1. The van der Waals surface area contributed by atoms with Gasteiger partial charge in [-0.15, -0.1) is 0 Å². The van der Waals surface area contributed by atoms with Gasteiger partial charge in [0.2, 0.25) is 11.8 Å². The molecule has 9 heteroatoms. The van der Waals surface area contributed by atoms with Crippen molar-refractivity contribution in [2.24, 2.45) is 0 Å². The fraction of sp³-hybridized carbons (Fsp3) is 0.278. The Bertz CT molecular complexity index is 1710. The Balaban J connectivity index is 1.81. The highest BCUT2D eigenvalue weighted by atomic mass is 35.5. The summed E-state index contributed by atoms with van der Waals surface area (Å²) in [6.45, 7) is 7.66. The van der Waals surface area contributed by atoms with Crippen LogP contribution in [-0.4, -0.2) is 44.3 Å². The number of amides is 2. The number of anilines is 1. The maximum atomic E-state index is 14.5. The van der Waals surface area contributed by atoms with Gasteiger partial charge in [-0.25, -0.2) is 8.42 Å². The second-order valence-electron chi connectivity index (χ2n) is 11.3. The van der Waals surface area contributed by atoms with Crippen LogP contribution < -0.4 is 9.62 Å². The number of nitrogens with one attached hydrogen (secondary N) is 1. The van der Waals surface area contributed by atoms with Gasteiger partial charge in [-0.1, -0.05) is 102 Å². The fourth-order valence-corrected chi connectivity index (χ4v) is 6.49. The Labute approximate surface area is 271 Å². The Kier molecular flexibility index (Phi) is 11.4. The highest BCUT2D eigenvalue weighted by Gasteiger charge is 2.34. The number of aryl methyl sites for hydroxylation is 3. The zero-order valence-corrected chi connectivity index (χ0v) is 27.7. The molecule has 0 aliphatic carbocycles. The van der Waals surface area contributed by atoms with Gasteiger partial charge < -0.3 is 10.2 Å². The van der Waals surface area contributed by atoms with E-state index in [4.69, 9.17) is 11.6 Å². The van der Waals surface area contributed by atoms with Gasteiger partial charge >= 0.3 is 0 Å². The van der Waals surface area contributed by atoms with Gasteiger partial charge in [0, 0.05) is 24.5 Å². The molecule has 1 N–H and O–H groups in total. The van der Waals surface area contributed by atoms with Crippen LogP contribution in [0.25, 0.3) is 0 Å². The number of sulfonamides is 1. The lowest BCUT2D eigenvalue weighted by atomic mass is 10.0. The van der Waals surface area contributed by atoms with Crippen LogP contribution in [-0.2, 0) is 32.6 Å². The average Bonchev–Trinajstić information content (AvgIpc) is 3.03. The van der Waals surface area contributed by atoms with Crippen molar-refractivity contribution in [1.82, 2.24) is 10.2 Å². The third-order valence-electron chi connectivity index (χ3n) is 7.63. The molecule has 0 heterocycles. The number of halogens is 1. The first kappa shape index (κ1) is 33.7. The van der Waals surface area contributed by atoms with Crippen molar-refractivity contribution in [2.75, 3.05) is 17.4 Å². The summed E-state index contributed by atoms with van der Waals surface area (Å²) in [6, 6.07) is 27.7. The first-order valence-electron chi connectivity index (χ1n) is 15.0. The van der Waals surface area contributed by atoms with Crippen LogP contribution >= 0.6 is 11.6 Å². The number of carbonyl (C=O) groups is 2. The van der Waals surface area contributed by atoms with Crippen molar-refractivity contribution in [1.29, 1.82) is 0 Å². The Morgan fingerprint density at radius 2 is 1.44 bits per heavy atom. The molecule has 0 saturated heterocycles. The van der Waals surface area contributed by atoms with Crippen LogP contribution in [0.3, 0.4) is 0 Å². The molecule has 0 aliphatic heterocycles. The average molecular weight is 646 g/mol. The monoisotopic (exact) mass is 645 g/mol. The molecule has 7 nitrogen and oxygen atoms in total. The van der Waals surface area contributed by atoms with E-state index >= 15 is 0 Å². The molecule has 2 amide bonds. The van der Waals surface area contributed by atoms with E-state index < -0.39 is 28.5 Å². The Hall–Kier alpha value is -4.14. The topological polar surface area (TPSA) is 86.8 Å². The van der Waals surface area contributed by atoms with Crippen molar-refractivity contribution >= 4 is 39.1 Å². The maximum absolute atomic E-state index is 14.5. The number of benzene rings is 4. The first-order valence-corrected chi connectivity index (χ1v) is 16.8. The van der Waals surface area contributed by atoms with Crippen molar-refractivity contribution < 1.29 is 18.0 Å². The zero-order valence-electron chi connectivity index (χ0n) is 26.2. The normalized spacial score (nSPS) is 11.9. The van der Waals surface area contributed by atoms with Gasteiger partial charge in [-0.3, -0.25) is 13.9 Å². The number of rotatable bonds is 13. The van der Waals surface area contributed by atoms with E-state index in [1.807, 2.05) is 82.3 Å². The van der Waals surface area contributed by atoms with Crippen LogP contribution in [0.15, 0.2) is 102 Å². The van der Waals surface area contributed by atoms with Gasteiger partial charge in [0.25, 0.3) is 10.0 Å². The van der Waals surface area contributed by atoms with Crippen molar-refractivity contribution in [3.05, 3.63) is 130 Å². The molecule has 236 valence electrons. The molecule has 1 atom stereocenters. The molecule has 0 aromatic heterocycles. The largest absolute Gasteiger partial charge is 0.354 e. The van der Waals surface area contributed by atoms with Crippen LogP contribution in [0, 0.1) is 20.8 Å². The van der Waals surface area contributed by atoms with Crippen molar-refractivity contribution in [3.8, 4) is 0 Å². The third-order valence-corrected chi connectivity index (χ3v) is 9.82. The molecule has 45 heavy (non-hydrogen) atoms. The van der Waals surface area contributed by atoms with Crippen molar-refractivity contribution in [3.63, 3.8) is 0 Å². The van der Waals surface area contributed by atoms with Crippen LogP contribution in [0.4, 0.5) is 5.69 Å². The highest BCUT2D eigenvalue weighted by molar-refractivity contribution is 7.92. The third kappa shape index (κ3) is 8.74. The lowest BCUT2D eigenvalue weighted by Gasteiger charge is -2.34. The number of carbonyl (C=O) groups excluding carboxylic acids is 2. The van der Waals surface area contributed by atoms with Crippen LogP contribution in [0.5, 0.6) is 0 Å². The molecule has 0 bridgehead atoms. The first-order chi connectivity index (χ1) is 21.5. The van der Waals surface area contributed by atoms with Gasteiger partial charge in [0.1, 0.15) is 12.6 Å². The van der Waals surface area contributed by atoms with Gasteiger partial charge in [0.05, 0.1) is 10.6 Å². The summed E-state index contributed by atoms with van der Waals surface area (Å²) in [5.74, 6) is -0.817. The quantitative estimate of drug-likeness (QED) is 0.177. The minimum Gasteiger partial charge on any atom is -0.354 e. The van der Waals surface area contributed by atoms with E-state index in [2.05, 4.69) is 5.32 Å². The molecule has 4 aromatic rings. The second-order valence-corrected chi connectivity index (χ2v) is 13.5. The highest BCUT2D eigenvalue weighted by Crippen LogP contribution is 2.29. The molecule has 0 spiro atoms. The lowest BCUT2D eigenvalue weighted by Crippen LogP contribution is -2.53. The zero-order chi connectivity index (χ0) is 32.6. The van der Waals surface area contributed by atoms with Crippen LogP contribution in [0.1, 0.15) is 41.2 Å². The van der Waals surface area contributed by atoms with Gasteiger partial charge in [0.15, 0.2) is 0 Å². The minimum atomic E-state index is -4.20. The summed E-state index contributed by atoms with van der Waals surface area (Å²) in [4.78, 5) is 29.8. The molecule has 0 aliphatic rings. The molecule has 4 aromatic carbocycles. The summed E-state index contributed by atoms with van der Waals surface area (Å²) >= 11 is 6.45. The van der Waals surface area contributed by atoms with E-state index in [1.165, 1.54) is 17.0 Å². The summed E-state index contributed by atoms with van der Waals surface area (Å²) in [7, 11) is -4.20. The van der Waals surface area contributed by atoms with E-state index in [0.29, 0.717) is 11.6 Å². The predicted octanol–water partition coefficient (Wildman–Crippen LogP) is 6.63. The summed E-state index contributed by atoms with van der Waals surface area (Å²) in [6.07, 6.45) is 0.988. The molecular weight excluding hydrogens is 606 g/mol. The maximum Gasteiger partial charge on any atom is 0.264 e. The summed E-state index contributed by atoms with van der Waals surface area (Å²) < 4.78 is 29.4. The molecule has 0 unspecified atom stereocenters. The summed E-state index contributed by atoms with van der Waals surface area (Å²) in [5.41, 5.74) is 4.69. The Morgan fingerprint density at radius 3 is 2.04 bits per heavy atom. The Morgan fingerprint density at radius 1 is 0.822 bits per heavy atom. The number of hydrogen-bond acceptors (Lipinski definition) is 4. The number of nitrogens with zero attached hydrogens (tertiary/aromatic N) is 2. The van der Waals surface area contributed by atoms with Gasteiger partial charge in [-0.05, 0) is 68.1 Å². The minimum absolute atomic E-state index is 0.0456. The fourth-order valence-electron chi connectivity index (χ4n) is 4.91. The lowest BCUT2D eigenvalue weighted by molar-refractivity contribution is -0.140. The number of hydrogen-bond donors (Lipinski definition) is 1. The molecule has 0 radical (unpaired) electrons. The SMILES string of the molecule is CCCNC(=O)[C@@H](Cc1ccccc1)N(Cc1ccc(C)cc1)C(=O)CN(c1ccc(C)c(Cl)c1)S(=O)(=O)c1ccc(C)cc1. The smallest absolute Gasteiger partial charge is 0.264 e. The molecular formula is C36H40ClN3O4S. The van der Waals surface area contributed by atoms with E-state index in [0.717, 1.165) is 38.5 Å². The molecule has 0 saturated carbocycles. The van der Waals surface area contributed by atoms with Crippen LogP contribution in [0.2, 0.25) is 5.02 Å². The second kappa shape index (κ2) is 15.2.